The van der Waals surface area contributed by atoms with Crippen molar-refractivity contribution in [3.63, 3.8) is 0 Å². The number of hydrogen-bond donors (Lipinski definition) is 1. The van der Waals surface area contributed by atoms with E-state index in [1.54, 1.807) is 6.08 Å². The first kappa shape index (κ1) is 16.8. The summed E-state index contributed by atoms with van der Waals surface area (Å²) in [5, 5.41) is 9.05. The molecular formula is C23H18N2O2. The zero-order valence-corrected chi connectivity index (χ0v) is 14.8. The van der Waals surface area contributed by atoms with Crippen LogP contribution in [0.1, 0.15) is 11.3 Å². The van der Waals surface area contributed by atoms with Crippen LogP contribution in [0.4, 0.5) is 0 Å². The van der Waals surface area contributed by atoms with Gasteiger partial charge in [0.25, 0.3) is 0 Å². The third-order valence-electron chi connectivity index (χ3n) is 4.45. The Hall–Kier alpha value is -3.66. The molecule has 0 unspecified atom stereocenters. The molecule has 2 aromatic carbocycles. The first-order valence-electron chi connectivity index (χ1n) is 8.67. The molecule has 4 aromatic rings. The number of carboxylic acids is 1. The molecule has 0 saturated carbocycles. The van der Waals surface area contributed by atoms with Crippen LogP contribution in [0.3, 0.4) is 0 Å². The zero-order chi connectivity index (χ0) is 18.8. The number of carbonyl (C=O) groups is 1. The number of carboxylic acid groups (broad SMARTS) is 1. The summed E-state index contributed by atoms with van der Waals surface area (Å²) < 4.78 is 1.93. The Morgan fingerprint density at radius 3 is 2.30 bits per heavy atom. The van der Waals surface area contributed by atoms with Gasteiger partial charge in [-0.2, -0.15) is 0 Å². The van der Waals surface area contributed by atoms with Crippen LogP contribution in [0.25, 0.3) is 34.1 Å². The quantitative estimate of drug-likeness (QED) is 0.520. The van der Waals surface area contributed by atoms with Crippen molar-refractivity contribution in [2.24, 2.45) is 0 Å². The molecule has 0 bridgehead atoms. The van der Waals surface area contributed by atoms with Gasteiger partial charge in [0.2, 0.25) is 0 Å². The van der Waals surface area contributed by atoms with Gasteiger partial charge in [0.05, 0.1) is 11.4 Å². The number of aryl methyl sites for hydroxylation is 1. The predicted octanol–water partition coefficient (Wildman–Crippen LogP) is 5.07. The Kier molecular flexibility index (Phi) is 4.30. The lowest BCUT2D eigenvalue weighted by atomic mass is 10.0. The number of nitrogens with zero attached hydrogens (tertiary/aromatic N) is 2. The van der Waals surface area contributed by atoms with Crippen molar-refractivity contribution in [2.75, 3.05) is 0 Å². The van der Waals surface area contributed by atoms with E-state index in [1.807, 2.05) is 60.0 Å². The van der Waals surface area contributed by atoms with E-state index in [2.05, 4.69) is 24.3 Å². The number of benzene rings is 2. The number of pyridine rings is 1. The number of hydrogen-bond acceptors (Lipinski definition) is 2. The lowest BCUT2D eigenvalue weighted by Crippen LogP contribution is -1.92. The largest absolute Gasteiger partial charge is 0.478 e. The average molecular weight is 354 g/mol. The van der Waals surface area contributed by atoms with Crippen molar-refractivity contribution in [2.45, 2.75) is 6.92 Å². The standard InChI is InChI=1S/C23H18N2O2/c1-16-7-13-21-24-23(20(25(21)15-16)12-14-22(26)27)19-10-8-18(9-11-19)17-5-3-2-4-6-17/h2-15H,1H3,(H,26,27). The molecule has 0 amide bonds. The Morgan fingerprint density at radius 1 is 0.926 bits per heavy atom. The topological polar surface area (TPSA) is 54.6 Å². The van der Waals surface area contributed by atoms with Crippen molar-refractivity contribution in [1.82, 2.24) is 9.38 Å². The molecule has 4 rings (SSSR count). The highest BCUT2D eigenvalue weighted by molar-refractivity contribution is 5.87. The second kappa shape index (κ2) is 6.92. The summed E-state index contributed by atoms with van der Waals surface area (Å²) in [6.07, 6.45) is 4.71. The van der Waals surface area contributed by atoms with E-state index < -0.39 is 5.97 Å². The molecule has 0 atom stereocenters. The molecule has 0 aliphatic carbocycles. The Bertz CT molecular complexity index is 1140. The lowest BCUT2D eigenvalue weighted by molar-refractivity contribution is -0.131. The summed E-state index contributed by atoms with van der Waals surface area (Å²) in [5.74, 6) is -0.983. The summed E-state index contributed by atoms with van der Waals surface area (Å²) in [7, 11) is 0. The molecule has 0 radical (unpaired) electrons. The second-order valence-electron chi connectivity index (χ2n) is 6.40. The lowest BCUT2D eigenvalue weighted by Gasteiger charge is -2.04. The van der Waals surface area contributed by atoms with Crippen molar-refractivity contribution >= 4 is 17.7 Å². The SMILES string of the molecule is Cc1ccc2nc(-c3ccc(-c4ccccc4)cc3)c(C=CC(=O)O)n2c1. The second-order valence-corrected chi connectivity index (χ2v) is 6.40. The molecule has 0 saturated heterocycles. The van der Waals surface area contributed by atoms with Gasteiger partial charge >= 0.3 is 5.97 Å². The van der Waals surface area contributed by atoms with Crippen molar-refractivity contribution in [3.05, 3.63) is 90.3 Å². The Balaban J connectivity index is 1.83. The van der Waals surface area contributed by atoms with E-state index >= 15 is 0 Å². The van der Waals surface area contributed by atoms with Crippen molar-refractivity contribution < 1.29 is 9.90 Å². The van der Waals surface area contributed by atoms with Gasteiger partial charge in [-0.1, -0.05) is 60.7 Å². The maximum atomic E-state index is 11.0. The normalized spacial score (nSPS) is 11.3. The zero-order valence-electron chi connectivity index (χ0n) is 14.8. The summed E-state index contributed by atoms with van der Waals surface area (Å²) in [6, 6.07) is 22.3. The summed E-state index contributed by atoms with van der Waals surface area (Å²) >= 11 is 0. The van der Waals surface area contributed by atoms with Gasteiger partial charge in [-0.25, -0.2) is 9.78 Å². The Morgan fingerprint density at radius 2 is 1.59 bits per heavy atom. The van der Waals surface area contributed by atoms with Crippen LogP contribution in [0, 0.1) is 6.92 Å². The number of imidazole rings is 1. The predicted molar refractivity (Wildman–Crippen MR) is 107 cm³/mol. The Labute approximate surface area is 157 Å². The molecule has 0 spiro atoms. The van der Waals surface area contributed by atoms with Crippen molar-refractivity contribution in [3.8, 4) is 22.4 Å². The van der Waals surface area contributed by atoms with E-state index in [9.17, 15) is 4.79 Å². The van der Waals surface area contributed by atoms with E-state index in [-0.39, 0.29) is 0 Å². The molecule has 4 nitrogen and oxygen atoms in total. The highest BCUT2D eigenvalue weighted by atomic mass is 16.4. The van der Waals surface area contributed by atoms with Gasteiger partial charge in [-0.05, 0) is 35.8 Å². The number of fused-ring (bicyclic) bond motifs is 1. The van der Waals surface area contributed by atoms with Gasteiger partial charge in [0.1, 0.15) is 5.65 Å². The minimum atomic E-state index is -0.983. The van der Waals surface area contributed by atoms with Crippen LogP contribution in [0.15, 0.2) is 79.0 Å². The highest BCUT2D eigenvalue weighted by Gasteiger charge is 2.13. The fourth-order valence-corrected chi connectivity index (χ4v) is 3.14. The molecule has 0 fully saturated rings. The van der Waals surface area contributed by atoms with Gasteiger partial charge < -0.3 is 5.11 Å². The van der Waals surface area contributed by atoms with Gasteiger partial charge in [0, 0.05) is 17.8 Å². The fourth-order valence-electron chi connectivity index (χ4n) is 3.14. The highest BCUT2D eigenvalue weighted by Crippen LogP contribution is 2.28. The van der Waals surface area contributed by atoms with E-state index in [0.29, 0.717) is 0 Å². The number of rotatable bonds is 4. The van der Waals surface area contributed by atoms with Crippen LogP contribution in [-0.2, 0) is 4.79 Å². The monoisotopic (exact) mass is 354 g/mol. The molecule has 4 heteroatoms. The van der Waals surface area contributed by atoms with Crippen LogP contribution < -0.4 is 0 Å². The molecular weight excluding hydrogens is 336 g/mol. The fraction of sp³-hybridized carbons (Fsp3) is 0.0435. The molecule has 1 N–H and O–H groups in total. The van der Waals surface area contributed by atoms with Gasteiger partial charge in [-0.15, -0.1) is 0 Å². The first-order chi connectivity index (χ1) is 13.1. The van der Waals surface area contributed by atoms with E-state index in [4.69, 9.17) is 10.1 Å². The smallest absolute Gasteiger partial charge is 0.328 e. The molecule has 2 aromatic heterocycles. The molecule has 2 heterocycles. The molecule has 132 valence electrons. The maximum Gasteiger partial charge on any atom is 0.328 e. The number of aliphatic carboxylic acids is 1. The minimum Gasteiger partial charge on any atom is -0.478 e. The molecule has 0 aliphatic heterocycles. The molecule has 0 aliphatic rings. The van der Waals surface area contributed by atoms with Gasteiger partial charge in [0.15, 0.2) is 0 Å². The van der Waals surface area contributed by atoms with Crippen LogP contribution in [-0.4, -0.2) is 20.5 Å². The van der Waals surface area contributed by atoms with Crippen LogP contribution in [0.5, 0.6) is 0 Å². The van der Waals surface area contributed by atoms with E-state index in [1.165, 1.54) is 0 Å². The number of aromatic nitrogens is 2. The van der Waals surface area contributed by atoms with E-state index in [0.717, 1.165) is 45.4 Å². The summed E-state index contributed by atoms with van der Waals surface area (Å²) in [6.45, 7) is 2.00. The van der Waals surface area contributed by atoms with Gasteiger partial charge in [-0.3, -0.25) is 4.40 Å². The average Bonchev–Trinajstić information content (AvgIpc) is 3.05. The summed E-state index contributed by atoms with van der Waals surface area (Å²) in [5.41, 5.74) is 6.60. The van der Waals surface area contributed by atoms with Crippen LogP contribution >= 0.6 is 0 Å². The first-order valence-corrected chi connectivity index (χ1v) is 8.67. The third-order valence-corrected chi connectivity index (χ3v) is 4.45. The van der Waals surface area contributed by atoms with Crippen molar-refractivity contribution in [1.29, 1.82) is 0 Å². The summed E-state index contributed by atoms with van der Waals surface area (Å²) in [4.78, 5) is 15.8. The van der Waals surface area contributed by atoms with Crippen LogP contribution in [0.2, 0.25) is 0 Å². The molecule has 27 heavy (non-hydrogen) atoms. The minimum absolute atomic E-state index is 0.753. The maximum absolute atomic E-state index is 11.0. The third kappa shape index (κ3) is 3.37.